The van der Waals surface area contributed by atoms with E-state index in [9.17, 15) is 9.59 Å². The summed E-state index contributed by atoms with van der Waals surface area (Å²) < 4.78 is 10.5. The number of nitrogens with one attached hydrogen (secondary N) is 2. The average molecular weight is 381 g/mol. The summed E-state index contributed by atoms with van der Waals surface area (Å²) in [6.45, 7) is 0.560. The van der Waals surface area contributed by atoms with Gasteiger partial charge >= 0.3 is 0 Å². The zero-order valence-corrected chi connectivity index (χ0v) is 14.9. The number of hydrogen-bond acceptors (Lipinski definition) is 6. The van der Waals surface area contributed by atoms with Crippen LogP contribution in [0.15, 0.2) is 53.9 Å². The largest absolute Gasteiger partial charge is 0.454 e. The fourth-order valence-corrected chi connectivity index (χ4v) is 3.20. The maximum atomic E-state index is 12.4. The SMILES string of the molecule is O=C(Nc1nc(C(=O)NCc2ccccc2)cs1)c1ccc2c(c1)OCO2. The molecule has 0 radical (unpaired) electrons. The van der Waals surface area contributed by atoms with Crippen LogP contribution in [-0.4, -0.2) is 23.6 Å². The maximum absolute atomic E-state index is 12.4. The number of amides is 2. The summed E-state index contributed by atoms with van der Waals surface area (Å²) in [6, 6.07) is 14.5. The van der Waals surface area contributed by atoms with Crippen LogP contribution in [0.1, 0.15) is 26.4 Å². The van der Waals surface area contributed by atoms with E-state index in [4.69, 9.17) is 9.47 Å². The third-order valence-corrected chi connectivity index (χ3v) is 4.65. The number of carbonyl (C=O) groups is 2. The quantitative estimate of drug-likeness (QED) is 0.709. The predicted octanol–water partition coefficient (Wildman–Crippen LogP) is 3.05. The van der Waals surface area contributed by atoms with Crippen molar-refractivity contribution in [1.82, 2.24) is 10.3 Å². The van der Waals surface area contributed by atoms with Crippen molar-refractivity contribution in [3.05, 3.63) is 70.7 Å². The molecule has 0 saturated heterocycles. The number of fused-ring (bicyclic) bond motifs is 1. The van der Waals surface area contributed by atoms with E-state index in [1.165, 1.54) is 11.3 Å². The molecule has 27 heavy (non-hydrogen) atoms. The van der Waals surface area contributed by atoms with Gasteiger partial charge < -0.3 is 14.8 Å². The number of thiazole rings is 1. The van der Waals surface area contributed by atoms with E-state index in [2.05, 4.69) is 15.6 Å². The first-order valence-corrected chi connectivity index (χ1v) is 9.06. The standard InChI is InChI=1S/C19H15N3O4S/c23-17(13-6-7-15-16(8-13)26-11-25-15)22-19-21-14(10-27-19)18(24)20-9-12-4-2-1-3-5-12/h1-8,10H,9,11H2,(H,20,24)(H,21,22,23). The van der Waals surface area contributed by atoms with Crippen molar-refractivity contribution in [1.29, 1.82) is 0 Å². The van der Waals surface area contributed by atoms with Crippen molar-refractivity contribution in [2.75, 3.05) is 12.1 Å². The van der Waals surface area contributed by atoms with Crippen LogP contribution in [0, 0.1) is 0 Å². The summed E-state index contributed by atoms with van der Waals surface area (Å²) in [7, 11) is 0. The predicted molar refractivity (Wildman–Crippen MR) is 100 cm³/mol. The van der Waals surface area contributed by atoms with Crippen LogP contribution in [0.4, 0.5) is 5.13 Å². The molecule has 2 amide bonds. The van der Waals surface area contributed by atoms with Gasteiger partial charge in [-0.05, 0) is 23.8 Å². The lowest BCUT2D eigenvalue weighted by atomic mass is 10.2. The van der Waals surface area contributed by atoms with Crippen LogP contribution < -0.4 is 20.1 Å². The molecule has 0 bridgehead atoms. The van der Waals surface area contributed by atoms with Crippen LogP contribution in [-0.2, 0) is 6.54 Å². The molecule has 0 atom stereocenters. The Morgan fingerprint density at radius 3 is 2.70 bits per heavy atom. The third kappa shape index (κ3) is 3.90. The molecule has 7 nitrogen and oxygen atoms in total. The van der Waals surface area contributed by atoms with Gasteiger partial charge in [-0.1, -0.05) is 30.3 Å². The fourth-order valence-electron chi connectivity index (χ4n) is 2.51. The molecule has 3 aromatic rings. The van der Waals surface area contributed by atoms with Crippen molar-refractivity contribution in [3.8, 4) is 11.5 Å². The fraction of sp³-hybridized carbons (Fsp3) is 0.105. The molecule has 0 spiro atoms. The minimum absolute atomic E-state index is 0.147. The molecular formula is C19H15N3O4S. The number of aromatic nitrogens is 1. The Bertz CT molecular complexity index is 988. The zero-order chi connectivity index (χ0) is 18.6. The Balaban J connectivity index is 1.37. The topological polar surface area (TPSA) is 89.6 Å². The lowest BCUT2D eigenvalue weighted by Gasteiger charge is -2.04. The van der Waals surface area contributed by atoms with Crippen LogP contribution in [0.2, 0.25) is 0 Å². The van der Waals surface area contributed by atoms with Gasteiger partial charge in [-0.15, -0.1) is 11.3 Å². The summed E-state index contributed by atoms with van der Waals surface area (Å²) >= 11 is 1.19. The first kappa shape index (κ1) is 17.0. The highest BCUT2D eigenvalue weighted by atomic mass is 32.1. The summed E-state index contributed by atoms with van der Waals surface area (Å²) in [5, 5.41) is 7.45. The molecule has 2 heterocycles. The maximum Gasteiger partial charge on any atom is 0.271 e. The van der Waals surface area contributed by atoms with Gasteiger partial charge in [0.25, 0.3) is 11.8 Å². The van der Waals surface area contributed by atoms with E-state index in [0.29, 0.717) is 28.7 Å². The first-order valence-electron chi connectivity index (χ1n) is 8.18. The molecule has 4 rings (SSSR count). The van der Waals surface area contributed by atoms with Gasteiger partial charge in [0.2, 0.25) is 6.79 Å². The molecule has 2 N–H and O–H groups in total. The van der Waals surface area contributed by atoms with Gasteiger partial charge in [0, 0.05) is 17.5 Å². The molecule has 2 aromatic carbocycles. The van der Waals surface area contributed by atoms with Gasteiger partial charge in [0.05, 0.1) is 0 Å². The summed E-state index contributed by atoms with van der Waals surface area (Å²) in [5.74, 6) is 0.513. The number of ether oxygens (including phenoxy) is 2. The number of benzene rings is 2. The second kappa shape index (κ2) is 7.46. The van der Waals surface area contributed by atoms with Crippen molar-refractivity contribution in [2.24, 2.45) is 0 Å². The molecule has 8 heteroatoms. The van der Waals surface area contributed by atoms with Crippen molar-refractivity contribution >= 4 is 28.3 Å². The molecule has 0 unspecified atom stereocenters. The normalized spacial score (nSPS) is 11.9. The Kier molecular flexibility index (Phi) is 4.71. The van der Waals surface area contributed by atoms with E-state index in [1.807, 2.05) is 30.3 Å². The van der Waals surface area contributed by atoms with Crippen LogP contribution >= 0.6 is 11.3 Å². The third-order valence-electron chi connectivity index (χ3n) is 3.89. The van der Waals surface area contributed by atoms with E-state index >= 15 is 0 Å². The smallest absolute Gasteiger partial charge is 0.271 e. The van der Waals surface area contributed by atoms with Crippen LogP contribution in [0.5, 0.6) is 11.5 Å². The number of hydrogen-bond donors (Lipinski definition) is 2. The first-order chi connectivity index (χ1) is 13.2. The Labute approximate surface area is 159 Å². The van der Waals surface area contributed by atoms with E-state index in [1.54, 1.807) is 23.6 Å². The second-order valence-corrected chi connectivity index (χ2v) is 6.59. The second-order valence-electron chi connectivity index (χ2n) is 5.73. The van der Waals surface area contributed by atoms with Gasteiger partial charge in [0.1, 0.15) is 5.69 Å². The highest BCUT2D eigenvalue weighted by Crippen LogP contribution is 2.32. The van der Waals surface area contributed by atoms with Gasteiger partial charge in [0.15, 0.2) is 16.6 Å². The van der Waals surface area contributed by atoms with E-state index in [0.717, 1.165) is 5.56 Å². The minimum Gasteiger partial charge on any atom is -0.454 e. The Hall–Kier alpha value is -3.39. The number of anilines is 1. The summed E-state index contributed by atoms with van der Waals surface area (Å²) in [4.78, 5) is 28.7. The van der Waals surface area contributed by atoms with E-state index in [-0.39, 0.29) is 24.3 Å². The number of carbonyl (C=O) groups excluding carboxylic acids is 2. The highest BCUT2D eigenvalue weighted by molar-refractivity contribution is 7.14. The summed E-state index contributed by atoms with van der Waals surface area (Å²) in [6.07, 6.45) is 0. The molecular weight excluding hydrogens is 366 g/mol. The van der Waals surface area contributed by atoms with Crippen molar-refractivity contribution in [2.45, 2.75) is 6.54 Å². The van der Waals surface area contributed by atoms with E-state index < -0.39 is 0 Å². The molecule has 136 valence electrons. The molecule has 1 aliphatic rings. The molecule has 0 saturated carbocycles. The van der Waals surface area contributed by atoms with Crippen molar-refractivity contribution < 1.29 is 19.1 Å². The van der Waals surface area contributed by atoms with Gasteiger partial charge in [-0.2, -0.15) is 0 Å². The Morgan fingerprint density at radius 1 is 1.04 bits per heavy atom. The van der Waals surface area contributed by atoms with Gasteiger partial charge in [-0.25, -0.2) is 4.98 Å². The number of nitrogens with zero attached hydrogens (tertiary/aromatic N) is 1. The molecule has 1 aromatic heterocycles. The molecule has 0 fully saturated rings. The lowest BCUT2D eigenvalue weighted by molar-refractivity contribution is 0.0945. The highest BCUT2D eigenvalue weighted by Gasteiger charge is 2.17. The Morgan fingerprint density at radius 2 is 1.85 bits per heavy atom. The molecule has 1 aliphatic heterocycles. The zero-order valence-electron chi connectivity index (χ0n) is 14.1. The van der Waals surface area contributed by atoms with Crippen LogP contribution in [0.3, 0.4) is 0 Å². The monoisotopic (exact) mass is 381 g/mol. The lowest BCUT2D eigenvalue weighted by Crippen LogP contribution is -2.23. The number of rotatable bonds is 5. The minimum atomic E-state index is -0.334. The van der Waals surface area contributed by atoms with Gasteiger partial charge in [-0.3, -0.25) is 14.9 Å². The average Bonchev–Trinajstić information content (AvgIpc) is 3.35. The van der Waals surface area contributed by atoms with Crippen LogP contribution in [0.25, 0.3) is 0 Å². The van der Waals surface area contributed by atoms with Crippen molar-refractivity contribution in [3.63, 3.8) is 0 Å². The molecule has 0 aliphatic carbocycles. The summed E-state index contributed by atoms with van der Waals surface area (Å²) in [5.41, 5.74) is 1.68.